The topological polar surface area (TPSA) is 30.7 Å². The monoisotopic (exact) mass is 185 g/mol. The van der Waals surface area contributed by atoms with Crippen LogP contribution in [0.4, 0.5) is 0 Å². The zero-order chi connectivity index (χ0) is 5.11. The van der Waals surface area contributed by atoms with Crippen molar-refractivity contribution >= 4 is 0 Å². The van der Waals surface area contributed by atoms with Gasteiger partial charge in [-0.05, 0) is 0 Å². The predicted molar refractivity (Wildman–Crippen MR) is 25.4 cm³/mol. The van der Waals surface area contributed by atoms with Crippen LogP contribution < -0.4 is 0 Å². The number of nitrogens with zero attached hydrogens (tertiary/aromatic N) is 3. The molecule has 0 saturated carbocycles. The van der Waals surface area contributed by atoms with Gasteiger partial charge in [-0.3, -0.25) is 4.68 Å². The summed E-state index contributed by atoms with van der Waals surface area (Å²) in [5.41, 5.74) is 0. The molecule has 8 heavy (non-hydrogen) atoms. The smallest absolute Gasteiger partial charge is 0.322 e. The molecule has 38 valence electrons. The summed E-state index contributed by atoms with van der Waals surface area (Å²) in [7, 11) is 0. The molecule has 0 spiro atoms. The van der Waals surface area contributed by atoms with Crippen LogP contribution in [-0.2, 0) is 39.3 Å². The standard InChI is InChI=1S/C4H6N3.Y/c1-2-7-4-3-5-6-7;/h3-4H,1-2H2;/q-1;+3. The van der Waals surface area contributed by atoms with E-state index in [4.69, 9.17) is 0 Å². The van der Waals surface area contributed by atoms with Crippen LogP contribution in [0, 0.1) is 6.92 Å². The van der Waals surface area contributed by atoms with Crippen molar-refractivity contribution in [3.05, 3.63) is 19.3 Å². The van der Waals surface area contributed by atoms with E-state index in [0.717, 1.165) is 0 Å². The van der Waals surface area contributed by atoms with E-state index in [1.165, 1.54) is 0 Å². The second-order valence-electron chi connectivity index (χ2n) is 1.17. The largest absolute Gasteiger partial charge is 3.00 e. The maximum atomic E-state index is 3.64. The molecule has 0 amide bonds. The van der Waals surface area contributed by atoms with Gasteiger partial charge >= 0.3 is 32.7 Å². The van der Waals surface area contributed by atoms with Gasteiger partial charge < -0.3 is 6.92 Å². The van der Waals surface area contributed by atoms with Gasteiger partial charge in [0, 0.05) is 6.20 Å². The molecule has 0 aliphatic rings. The number of hydrogen-bond acceptors (Lipinski definition) is 2. The predicted octanol–water partition coefficient (Wildman–Crippen LogP) is 0.110. The van der Waals surface area contributed by atoms with Crippen molar-refractivity contribution in [3.8, 4) is 0 Å². The summed E-state index contributed by atoms with van der Waals surface area (Å²) in [6.45, 7) is 4.24. The van der Waals surface area contributed by atoms with Crippen LogP contribution >= 0.6 is 0 Å². The molecule has 0 unspecified atom stereocenters. The Balaban J connectivity index is 0.000000490. The fourth-order valence-electron chi connectivity index (χ4n) is 0.352. The zero-order valence-corrected chi connectivity index (χ0v) is 7.33. The summed E-state index contributed by atoms with van der Waals surface area (Å²) >= 11 is 0. The average Bonchev–Trinajstić information content (AvgIpc) is 2.14. The van der Waals surface area contributed by atoms with Gasteiger partial charge in [-0.25, -0.2) is 0 Å². The van der Waals surface area contributed by atoms with Gasteiger partial charge in [0.25, 0.3) is 0 Å². The van der Waals surface area contributed by atoms with Crippen molar-refractivity contribution < 1.29 is 32.7 Å². The van der Waals surface area contributed by atoms with E-state index in [1.54, 1.807) is 17.1 Å². The Bertz CT molecular complexity index is 126. The molecular weight excluding hydrogens is 179 g/mol. The summed E-state index contributed by atoms with van der Waals surface area (Å²) < 4.78 is 1.65. The Labute approximate surface area is 73.3 Å². The summed E-state index contributed by atoms with van der Waals surface area (Å²) in [6.07, 6.45) is 3.40. The third-order valence-electron chi connectivity index (χ3n) is 0.701. The van der Waals surface area contributed by atoms with Crippen LogP contribution in [-0.4, -0.2) is 15.0 Å². The molecule has 3 nitrogen and oxygen atoms in total. The van der Waals surface area contributed by atoms with Crippen molar-refractivity contribution in [2.24, 2.45) is 0 Å². The van der Waals surface area contributed by atoms with Crippen molar-refractivity contribution in [2.45, 2.75) is 6.54 Å². The SMILES string of the molecule is [CH2-]Cn1ccnn1.[Y+3]. The normalized spacial score (nSPS) is 8.12. The second-order valence-corrected chi connectivity index (χ2v) is 1.17. The van der Waals surface area contributed by atoms with E-state index in [-0.39, 0.29) is 32.7 Å². The van der Waals surface area contributed by atoms with E-state index in [2.05, 4.69) is 17.2 Å². The van der Waals surface area contributed by atoms with E-state index < -0.39 is 0 Å². The maximum Gasteiger partial charge on any atom is 3.00 e. The Kier molecular flexibility index (Phi) is 4.28. The zero-order valence-electron chi connectivity index (χ0n) is 4.49. The second kappa shape index (κ2) is 4.16. The summed E-state index contributed by atoms with van der Waals surface area (Å²) in [5, 5.41) is 7.20. The van der Waals surface area contributed by atoms with Gasteiger partial charge in [0.1, 0.15) is 0 Å². The summed E-state index contributed by atoms with van der Waals surface area (Å²) in [6, 6.07) is 0. The van der Waals surface area contributed by atoms with Gasteiger partial charge in [0.2, 0.25) is 0 Å². The van der Waals surface area contributed by atoms with Crippen molar-refractivity contribution in [1.82, 2.24) is 15.0 Å². The Morgan fingerprint density at radius 1 is 1.62 bits per heavy atom. The first-order chi connectivity index (χ1) is 3.43. The van der Waals surface area contributed by atoms with E-state index >= 15 is 0 Å². The van der Waals surface area contributed by atoms with Crippen molar-refractivity contribution in [2.75, 3.05) is 0 Å². The minimum absolute atomic E-state index is 0. The quantitative estimate of drug-likeness (QED) is 0.581. The third kappa shape index (κ3) is 2.01. The summed E-state index contributed by atoms with van der Waals surface area (Å²) in [4.78, 5) is 0. The molecule has 1 aromatic rings. The molecule has 0 aliphatic heterocycles. The molecule has 0 aliphatic carbocycles. The minimum atomic E-state index is 0. The van der Waals surface area contributed by atoms with Crippen LogP contribution in [0.3, 0.4) is 0 Å². The Morgan fingerprint density at radius 2 is 2.38 bits per heavy atom. The first-order valence-corrected chi connectivity index (χ1v) is 2.07. The van der Waals surface area contributed by atoms with Gasteiger partial charge in [0.15, 0.2) is 0 Å². The van der Waals surface area contributed by atoms with Crippen molar-refractivity contribution in [3.63, 3.8) is 0 Å². The van der Waals surface area contributed by atoms with Gasteiger partial charge in [-0.2, -0.15) is 0 Å². The van der Waals surface area contributed by atoms with E-state index in [0.29, 0.717) is 6.54 Å². The first-order valence-electron chi connectivity index (χ1n) is 2.07. The van der Waals surface area contributed by atoms with Crippen LogP contribution in [0.2, 0.25) is 0 Å². The average molecular weight is 185 g/mol. The molecule has 0 radical (unpaired) electrons. The molecule has 1 heterocycles. The molecule has 0 aromatic carbocycles. The molecule has 4 heteroatoms. The molecule has 1 aromatic heterocycles. The first kappa shape index (κ1) is 8.24. The number of rotatable bonds is 1. The molecule has 0 atom stereocenters. The molecule has 0 fully saturated rings. The van der Waals surface area contributed by atoms with Crippen LogP contribution in [0.5, 0.6) is 0 Å². The van der Waals surface area contributed by atoms with Crippen LogP contribution in [0.25, 0.3) is 0 Å². The Morgan fingerprint density at radius 3 is 2.62 bits per heavy atom. The molecule has 1 rings (SSSR count). The van der Waals surface area contributed by atoms with Crippen LogP contribution in [0.1, 0.15) is 0 Å². The van der Waals surface area contributed by atoms with Crippen LogP contribution in [0.15, 0.2) is 12.4 Å². The fraction of sp³-hybridized carbons (Fsp3) is 0.250. The molecule has 0 bridgehead atoms. The van der Waals surface area contributed by atoms with Crippen molar-refractivity contribution in [1.29, 1.82) is 0 Å². The third-order valence-corrected chi connectivity index (χ3v) is 0.701. The van der Waals surface area contributed by atoms with E-state index in [9.17, 15) is 0 Å². The van der Waals surface area contributed by atoms with Gasteiger partial charge in [0.05, 0.1) is 6.20 Å². The Hall–Kier alpha value is 0.244. The number of hydrogen-bond donors (Lipinski definition) is 0. The maximum absolute atomic E-state index is 3.64. The van der Waals surface area contributed by atoms with E-state index in [1.807, 2.05) is 0 Å². The van der Waals surface area contributed by atoms with Gasteiger partial charge in [-0.15, -0.1) is 5.10 Å². The fourth-order valence-corrected chi connectivity index (χ4v) is 0.352. The molecular formula is C4H6N3Y+2. The molecule has 0 saturated heterocycles. The molecule has 0 N–H and O–H groups in total. The summed E-state index contributed by atoms with van der Waals surface area (Å²) in [5.74, 6) is 0. The number of aromatic nitrogens is 3. The van der Waals surface area contributed by atoms with Gasteiger partial charge in [-0.1, -0.05) is 11.8 Å². The minimum Gasteiger partial charge on any atom is -0.322 e.